The number of alkyl halides is 6. The normalized spacial score (nSPS) is 18.3. The molecule has 2 saturated heterocycles. The summed E-state index contributed by atoms with van der Waals surface area (Å²) in [6.45, 7) is 5.62. The molecule has 5 heterocycles. The van der Waals surface area contributed by atoms with Gasteiger partial charge in [-0.15, -0.1) is 0 Å². The van der Waals surface area contributed by atoms with Crippen molar-refractivity contribution in [3.63, 3.8) is 0 Å². The Balaban J connectivity index is 0.000000265. The summed E-state index contributed by atoms with van der Waals surface area (Å²) in [5, 5.41) is 19.1. The summed E-state index contributed by atoms with van der Waals surface area (Å²) in [4.78, 5) is 27.6. The number of nitrogens with zero attached hydrogens (tertiary/aromatic N) is 5. The van der Waals surface area contributed by atoms with Gasteiger partial charge in [0.2, 0.25) is 6.79 Å². The molecule has 3 aliphatic rings. The summed E-state index contributed by atoms with van der Waals surface area (Å²) in [5.41, 5.74) is 3.46. The Labute approximate surface area is 246 Å². The predicted molar refractivity (Wildman–Crippen MR) is 142 cm³/mol. The first-order chi connectivity index (χ1) is 20.7. The van der Waals surface area contributed by atoms with Gasteiger partial charge < -0.3 is 24.6 Å². The quantitative estimate of drug-likeness (QED) is 0.390. The average Bonchev–Trinajstić information content (AvgIpc) is 3.73. The van der Waals surface area contributed by atoms with Crippen LogP contribution in [0.15, 0.2) is 36.5 Å². The summed E-state index contributed by atoms with van der Waals surface area (Å²) in [7, 11) is 0. The van der Waals surface area contributed by atoms with Gasteiger partial charge in [0, 0.05) is 32.1 Å². The van der Waals surface area contributed by atoms with Crippen molar-refractivity contribution < 1.29 is 55.6 Å². The van der Waals surface area contributed by atoms with Crippen molar-refractivity contribution >= 4 is 23.3 Å². The Hall–Kier alpha value is -4.28. The number of fused-ring (bicyclic) bond motifs is 2. The number of carbonyl (C=O) groups is 2. The molecule has 3 aromatic rings. The largest absolute Gasteiger partial charge is 0.490 e. The topological polar surface area (TPSA) is 130 Å². The lowest BCUT2D eigenvalue weighted by atomic mass is 9.97. The van der Waals surface area contributed by atoms with E-state index in [0.29, 0.717) is 12.7 Å². The maximum Gasteiger partial charge on any atom is 0.490 e. The first-order valence-corrected chi connectivity index (χ1v) is 13.5. The summed E-state index contributed by atoms with van der Waals surface area (Å²) in [6, 6.07) is 10.6. The van der Waals surface area contributed by atoms with Crippen molar-refractivity contribution in [3.8, 4) is 11.5 Å². The molecule has 3 aliphatic heterocycles. The second-order valence-electron chi connectivity index (χ2n) is 10.2. The lowest BCUT2D eigenvalue weighted by molar-refractivity contribution is -0.193. The van der Waals surface area contributed by atoms with Gasteiger partial charge in [0.15, 0.2) is 23.0 Å². The molecule has 0 aliphatic carbocycles. The van der Waals surface area contributed by atoms with E-state index in [9.17, 15) is 26.3 Å². The minimum absolute atomic E-state index is 0.323. The van der Waals surface area contributed by atoms with Crippen LogP contribution in [0.5, 0.6) is 11.5 Å². The molecule has 0 bridgehead atoms. The predicted octanol–water partition coefficient (Wildman–Crippen LogP) is 4.70. The molecule has 2 aromatic heterocycles. The van der Waals surface area contributed by atoms with Crippen molar-refractivity contribution in [1.29, 1.82) is 0 Å². The summed E-state index contributed by atoms with van der Waals surface area (Å²) >= 11 is 0. The van der Waals surface area contributed by atoms with Crippen LogP contribution in [0.2, 0.25) is 0 Å². The van der Waals surface area contributed by atoms with Gasteiger partial charge in [-0.05, 0) is 62.1 Å². The third-order valence-corrected chi connectivity index (χ3v) is 7.00. The van der Waals surface area contributed by atoms with Crippen molar-refractivity contribution in [2.75, 3.05) is 37.9 Å². The van der Waals surface area contributed by atoms with Crippen LogP contribution in [0.3, 0.4) is 0 Å². The van der Waals surface area contributed by atoms with E-state index < -0.39 is 24.3 Å². The van der Waals surface area contributed by atoms with Crippen LogP contribution >= 0.6 is 0 Å². The second kappa shape index (κ2) is 13.6. The van der Waals surface area contributed by atoms with Crippen molar-refractivity contribution in [1.82, 2.24) is 19.5 Å². The van der Waals surface area contributed by atoms with Crippen molar-refractivity contribution in [3.05, 3.63) is 47.9 Å². The highest BCUT2D eigenvalue weighted by atomic mass is 19.4. The molecule has 0 radical (unpaired) electrons. The molecular formula is C27H29F6N5O6. The van der Waals surface area contributed by atoms with Crippen LogP contribution in [-0.2, 0) is 16.1 Å². The van der Waals surface area contributed by atoms with E-state index in [1.54, 1.807) is 0 Å². The maximum absolute atomic E-state index is 10.6. The monoisotopic (exact) mass is 633 g/mol. The fourth-order valence-electron chi connectivity index (χ4n) is 4.93. The van der Waals surface area contributed by atoms with Crippen LogP contribution < -0.4 is 14.4 Å². The van der Waals surface area contributed by atoms with Gasteiger partial charge in [-0.25, -0.2) is 19.1 Å². The summed E-state index contributed by atoms with van der Waals surface area (Å²) in [5.74, 6) is -2.46. The molecule has 44 heavy (non-hydrogen) atoms. The molecule has 2 N–H and O–H groups in total. The maximum atomic E-state index is 10.6. The molecule has 1 aromatic carbocycles. The van der Waals surface area contributed by atoms with Gasteiger partial charge in [0.1, 0.15) is 0 Å². The molecule has 0 spiro atoms. The van der Waals surface area contributed by atoms with Crippen LogP contribution in [0.25, 0.3) is 5.65 Å². The number of ether oxygens (including phenoxy) is 2. The van der Waals surface area contributed by atoms with Gasteiger partial charge in [-0.2, -0.15) is 31.4 Å². The number of carboxylic acid groups (broad SMARTS) is 2. The summed E-state index contributed by atoms with van der Waals surface area (Å²) in [6.07, 6.45) is -3.15. The van der Waals surface area contributed by atoms with Crippen LogP contribution in [-0.4, -0.2) is 87.0 Å². The Kier molecular flexibility index (Phi) is 10.1. The molecule has 17 heteroatoms. The first-order valence-electron chi connectivity index (χ1n) is 13.5. The first kappa shape index (κ1) is 32.6. The molecule has 0 saturated carbocycles. The minimum Gasteiger partial charge on any atom is -0.475 e. The number of hydrogen-bond donors (Lipinski definition) is 2. The highest BCUT2D eigenvalue weighted by molar-refractivity contribution is 5.73. The van der Waals surface area contributed by atoms with E-state index in [1.165, 1.54) is 30.5 Å². The van der Waals surface area contributed by atoms with Gasteiger partial charge in [-0.1, -0.05) is 6.07 Å². The van der Waals surface area contributed by atoms with Crippen molar-refractivity contribution in [2.45, 2.75) is 50.5 Å². The lowest BCUT2D eigenvalue weighted by Crippen LogP contribution is -2.34. The van der Waals surface area contributed by atoms with Gasteiger partial charge >= 0.3 is 24.3 Å². The smallest absolute Gasteiger partial charge is 0.475 e. The highest BCUT2D eigenvalue weighted by Gasteiger charge is 2.39. The molecule has 240 valence electrons. The number of hydrogen-bond acceptors (Lipinski definition) is 8. The number of pyridine rings is 1. The van der Waals surface area contributed by atoms with Crippen LogP contribution in [0, 0.1) is 0 Å². The fourth-order valence-corrected chi connectivity index (χ4v) is 4.93. The number of likely N-dealkylation sites (tertiary alicyclic amines) is 1. The number of rotatable bonds is 4. The van der Waals surface area contributed by atoms with E-state index in [-0.39, 0.29) is 0 Å². The minimum atomic E-state index is -5.08. The number of aliphatic carboxylic acids is 2. The molecule has 0 amide bonds. The Morgan fingerprint density at radius 3 is 2.16 bits per heavy atom. The fraction of sp³-hybridized carbons (Fsp3) is 0.481. The molecule has 2 fully saturated rings. The molecule has 6 rings (SSSR count). The Bertz CT molecular complexity index is 1430. The molecule has 1 unspecified atom stereocenters. The van der Waals surface area contributed by atoms with Crippen molar-refractivity contribution in [2.24, 2.45) is 0 Å². The number of halogens is 6. The Morgan fingerprint density at radius 1 is 0.886 bits per heavy atom. The average molecular weight is 634 g/mol. The Morgan fingerprint density at radius 2 is 1.52 bits per heavy atom. The number of benzene rings is 1. The lowest BCUT2D eigenvalue weighted by Gasteiger charge is -2.31. The zero-order valence-corrected chi connectivity index (χ0v) is 23.1. The number of piperidine rings is 1. The third kappa shape index (κ3) is 8.64. The van der Waals surface area contributed by atoms with Crippen LogP contribution in [0.4, 0.5) is 32.0 Å². The second-order valence-corrected chi connectivity index (χ2v) is 10.2. The number of aromatic nitrogens is 3. The standard InChI is InChI=1S/C23H27N5O2.2C2HF3O2/c1-2-11-27(10-1)19-6-8-22-24-23(25-28(22)15-19)18-4-3-9-26(14-18)13-17-5-7-20-21(12-17)30-16-29-20;2*3-2(4,5)1(6)7/h5-8,12,15,18H,1-4,9-11,13-14,16H2;2*(H,6,7). The van der Waals surface area contributed by atoms with Gasteiger partial charge in [0.25, 0.3) is 0 Å². The molecule has 1 atom stereocenters. The van der Waals surface area contributed by atoms with E-state index in [4.69, 9.17) is 39.4 Å². The highest BCUT2D eigenvalue weighted by Crippen LogP contribution is 2.34. The zero-order chi connectivity index (χ0) is 32.1. The van der Waals surface area contributed by atoms with E-state index in [1.807, 2.05) is 10.6 Å². The zero-order valence-electron chi connectivity index (χ0n) is 23.1. The number of carboxylic acids is 2. The van der Waals surface area contributed by atoms with Gasteiger partial charge in [-0.3, -0.25) is 4.90 Å². The van der Waals surface area contributed by atoms with E-state index in [2.05, 4.69) is 40.3 Å². The third-order valence-electron chi connectivity index (χ3n) is 7.00. The number of anilines is 1. The SMILES string of the molecule is O=C(O)C(F)(F)F.O=C(O)C(F)(F)F.c1cc2c(cc1CN1CCCC(c3nc4ccc(N5CCCC5)cn4n3)C1)OCO2. The van der Waals surface area contributed by atoms with Crippen LogP contribution in [0.1, 0.15) is 43.0 Å². The van der Waals surface area contributed by atoms with E-state index in [0.717, 1.165) is 62.1 Å². The van der Waals surface area contributed by atoms with Gasteiger partial charge in [0.05, 0.1) is 11.9 Å². The molecule has 11 nitrogen and oxygen atoms in total. The molecular weight excluding hydrogens is 604 g/mol. The summed E-state index contributed by atoms with van der Waals surface area (Å²) < 4.78 is 76.4. The van der Waals surface area contributed by atoms with E-state index >= 15 is 0 Å².